The van der Waals surface area contributed by atoms with Crippen molar-refractivity contribution >= 4 is 17.6 Å². The Morgan fingerprint density at radius 3 is 2.24 bits per heavy atom. The van der Waals surface area contributed by atoms with Crippen LogP contribution in [0.2, 0.25) is 5.02 Å². The summed E-state index contributed by atoms with van der Waals surface area (Å²) < 4.78 is 50.4. The van der Waals surface area contributed by atoms with E-state index in [4.69, 9.17) is 16.3 Å². The number of esters is 1. The lowest BCUT2D eigenvalue weighted by molar-refractivity contribution is 0.0723. The van der Waals surface area contributed by atoms with Gasteiger partial charge in [-0.05, 0) is 12.1 Å². The molecule has 0 N–H and O–H groups in total. The zero-order valence-electron chi connectivity index (χ0n) is 10.6. The SMILES string of the molecule is COc1c(F)c(Cl)c(F)c(F)c1C(=O)Oc1ccccc1. The Labute approximate surface area is 122 Å². The Morgan fingerprint density at radius 2 is 1.67 bits per heavy atom. The Kier molecular flexibility index (Phi) is 4.37. The van der Waals surface area contributed by atoms with E-state index in [1.165, 1.54) is 12.1 Å². The van der Waals surface area contributed by atoms with Crippen molar-refractivity contribution in [1.29, 1.82) is 0 Å². The van der Waals surface area contributed by atoms with E-state index in [-0.39, 0.29) is 5.75 Å². The summed E-state index contributed by atoms with van der Waals surface area (Å²) in [5.74, 6) is -6.74. The van der Waals surface area contributed by atoms with Gasteiger partial charge in [-0.3, -0.25) is 0 Å². The highest BCUT2D eigenvalue weighted by Gasteiger charge is 2.30. The van der Waals surface area contributed by atoms with Gasteiger partial charge in [-0.2, -0.15) is 0 Å². The van der Waals surface area contributed by atoms with Crippen molar-refractivity contribution in [3.63, 3.8) is 0 Å². The van der Waals surface area contributed by atoms with Crippen LogP contribution in [0.3, 0.4) is 0 Å². The van der Waals surface area contributed by atoms with Crippen molar-refractivity contribution in [1.82, 2.24) is 0 Å². The molecule has 3 nitrogen and oxygen atoms in total. The number of hydrogen-bond donors (Lipinski definition) is 0. The third-order valence-electron chi connectivity index (χ3n) is 2.59. The maximum absolute atomic E-state index is 13.8. The van der Waals surface area contributed by atoms with Crippen LogP contribution in [0.15, 0.2) is 30.3 Å². The van der Waals surface area contributed by atoms with Crippen LogP contribution in [0.1, 0.15) is 10.4 Å². The predicted octanol–water partition coefficient (Wildman–Crippen LogP) is 3.99. The molecule has 0 aliphatic rings. The lowest BCUT2D eigenvalue weighted by Gasteiger charge is -2.12. The van der Waals surface area contributed by atoms with Gasteiger partial charge in [0, 0.05) is 0 Å². The quantitative estimate of drug-likeness (QED) is 0.372. The van der Waals surface area contributed by atoms with E-state index < -0.39 is 39.8 Å². The maximum Gasteiger partial charge on any atom is 0.350 e. The number of hydrogen-bond acceptors (Lipinski definition) is 3. The number of halogens is 4. The van der Waals surface area contributed by atoms with E-state index in [2.05, 4.69) is 4.74 Å². The molecule has 0 spiro atoms. The summed E-state index contributed by atoms with van der Waals surface area (Å²) in [6, 6.07) is 7.65. The smallest absolute Gasteiger partial charge is 0.350 e. The fourth-order valence-corrected chi connectivity index (χ4v) is 1.80. The first-order chi connectivity index (χ1) is 9.97. The van der Waals surface area contributed by atoms with Gasteiger partial charge < -0.3 is 9.47 Å². The third-order valence-corrected chi connectivity index (χ3v) is 2.92. The van der Waals surface area contributed by atoms with Gasteiger partial charge in [-0.1, -0.05) is 29.8 Å². The van der Waals surface area contributed by atoms with Crippen LogP contribution >= 0.6 is 11.6 Å². The van der Waals surface area contributed by atoms with Crippen molar-refractivity contribution < 1.29 is 27.4 Å². The molecule has 0 aliphatic heterocycles. The summed E-state index contributed by atoms with van der Waals surface area (Å²) >= 11 is 5.28. The zero-order chi connectivity index (χ0) is 15.6. The molecule has 0 aromatic heterocycles. The van der Waals surface area contributed by atoms with Crippen molar-refractivity contribution in [3.05, 3.63) is 58.4 Å². The first kappa shape index (κ1) is 15.2. The molecule has 0 saturated heterocycles. The van der Waals surface area contributed by atoms with Gasteiger partial charge in [-0.15, -0.1) is 0 Å². The molecule has 110 valence electrons. The van der Waals surface area contributed by atoms with Gasteiger partial charge in [0.25, 0.3) is 0 Å². The van der Waals surface area contributed by atoms with Gasteiger partial charge in [0.2, 0.25) is 0 Å². The molecule has 0 fully saturated rings. The lowest BCUT2D eigenvalue weighted by Crippen LogP contribution is -2.15. The van der Waals surface area contributed by atoms with Crippen LogP contribution in [-0.2, 0) is 0 Å². The first-order valence-corrected chi connectivity index (χ1v) is 6.02. The molecule has 0 heterocycles. The number of methoxy groups -OCH3 is 1. The van der Waals surface area contributed by atoms with Gasteiger partial charge in [0.05, 0.1) is 7.11 Å². The molecule has 2 aromatic carbocycles. The van der Waals surface area contributed by atoms with Gasteiger partial charge in [-0.25, -0.2) is 18.0 Å². The fraction of sp³-hybridized carbons (Fsp3) is 0.0714. The van der Waals surface area contributed by atoms with Crippen LogP contribution in [0.4, 0.5) is 13.2 Å². The van der Waals surface area contributed by atoms with Crippen LogP contribution in [0.25, 0.3) is 0 Å². The Balaban J connectivity index is 2.50. The molecule has 21 heavy (non-hydrogen) atoms. The van der Waals surface area contributed by atoms with Crippen LogP contribution in [0.5, 0.6) is 11.5 Å². The van der Waals surface area contributed by atoms with E-state index in [1.807, 2.05) is 0 Å². The topological polar surface area (TPSA) is 35.5 Å². The molecule has 2 rings (SSSR count). The van der Waals surface area contributed by atoms with E-state index in [0.29, 0.717) is 0 Å². The second-order valence-electron chi connectivity index (χ2n) is 3.87. The molecule has 0 saturated carbocycles. The molecule has 0 amide bonds. The summed E-state index contributed by atoms with van der Waals surface area (Å²) in [7, 11) is 0.991. The fourth-order valence-electron chi connectivity index (χ4n) is 1.63. The van der Waals surface area contributed by atoms with E-state index in [1.54, 1.807) is 18.2 Å². The molecule has 0 atom stereocenters. The predicted molar refractivity (Wildman–Crippen MR) is 69.3 cm³/mol. The van der Waals surface area contributed by atoms with E-state index >= 15 is 0 Å². The molecular formula is C14H8ClF3O3. The van der Waals surface area contributed by atoms with Crippen LogP contribution in [0, 0.1) is 17.5 Å². The molecule has 0 radical (unpaired) electrons. The molecular weight excluding hydrogens is 309 g/mol. The van der Waals surface area contributed by atoms with Gasteiger partial charge >= 0.3 is 5.97 Å². The van der Waals surface area contributed by atoms with Gasteiger partial charge in [0.1, 0.15) is 16.3 Å². The number of ether oxygens (including phenoxy) is 2. The Bertz CT molecular complexity index is 690. The highest BCUT2D eigenvalue weighted by atomic mass is 35.5. The highest BCUT2D eigenvalue weighted by molar-refractivity contribution is 6.31. The molecule has 2 aromatic rings. The average molecular weight is 317 g/mol. The van der Waals surface area contributed by atoms with Crippen molar-refractivity contribution in [2.75, 3.05) is 7.11 Å². The number of rotatable bonds is 3. The number of carbonyl (C=O) groups is 1. The number of carbonyl (C=O) groups excluding carboxylic acids is 1. The van der Waals surface area contributed by atoms with Crippen LogP contribution in [-0.4, -0.2) is 13.1 Å². The van der Waals surface area contributed by atoms with Crippen molar-refractivity contribution in [2.45, 2.75) is 0 Å². The summed E-state index contributed by atoms with van der Waals surface area (Å²) in [6.45, 7) is 0. The molecule has 0 unspecified atom stereocenters. The first-order valence-electron chi connectivity index (χ1n) is 5.64. The average Bonchev–Trinajstić information content (AvgIpc) is 2.49. The Hall–Kier alpha value is -2.21. The van der Waals surface area contributed by atoms with Crippen molar-refractivity contribution in [2.24, 2.45) is 0 Å². The summed E-state index contributed by atoms with van der Waals surface area (Å²) in [6.07, 6.45) is 0. The van der Waals surface area contributed by atoms with Crippen LogP contribution < -0.4 is 9.47 Å². The van der Waals surface area contributed by atoms with Crippen molar-refractivity contribution in [3.8, 4) is 11.5 Å². The minimum atomic E-state index is -1.69. The second-order valence-corrected chi connectivity index (χ2v) is 4.24. The highest BCUT2D eigenvalue weighted by Crippen LogP contribution is 2.34. The monoisotopic (exact) mass is 316 g/mol. The summed E-state index contributed by atoms with van der Waals surface area (Å²) in [4.78, 5) is 11.9. The van der Waals surface area contributed by atoms with Gasteiger partial charge in [0.15, 0.2) is 23.2 Å². The standard InChI is InChI=1S/C14H8ClF3O3/c1-20-13-8(10(16)11(17)9(15)12(13)18)14(19)21-7-5-3-2-4-6-7/h2-6H,1H3. The summed E-state index contributed by atoms with van der Waals surface area (Å²) in [5.41, 5.74) is -0.999. The molecule has 7 heteroatoms. The number of para-hydroxylation sites is 1. The van der Waals surface area contributed by atoms with E-state index in [9.17, 15) is 18.0 Å². The normalized spacial score (nSPS) is 10.3. The lowest BCUT2D eigenvalue weighted by atomic mass is 10.1. The second kappa shape index (κ2) is 6.05. The van der Waals surface area contributed by atoms with E-state index in [0.717, 1.165) is 7.11 Å². The molecule has 0 aliphatic carbocycles. The Morgan fingerprint density at radius 1 is 1.05 bits per heavy atom. The zero-order valence-corrected chi connectivity index (χ0v) is 11.4. The minimum absolute atomic E-state index is 0.0831. The third kappa shape index (κ3) is 2.80. The minimum Gasteiger partial charge on any atom is -0.493 e. The summed E-state index contributed by atoms with van der Waals surface area (Å²) in [5, 5.41) is -1.10. The largest absolute Gasteiger partial charge is 0.493 e. The molecule has 0 bridgehead atoms. The number of benzene rings is 2. The maximum atomic E-state index is 13.8.